The third-order valence-electron chi connectivity index (χ3n) is 1.93. The summed E-state index contributed by atoms with van der Waals surface area (Å²) in [5.41, 5.74) is -0.00457. The Balaban J connectivity index is 2.80. The third kappa shape index (κ3) is 1.42. The van der Waals surface area contributed by atoms with Gasteiger partial charge >= 0.3 is 7.12 Å². The smallest absolute Gasteiger partial charge is 0.423 e. The van der Waals surface area contributed by atoms with Crippen LogP contribution >= 0.6 is 22.9 Å². The van der Waals surface area contributed by atoms with E-state index < -0.39 is 12.9 Å². The standard InChI is InChI=1S/C8H5BClFO2S/c10-6-5(9(12)13)3-4-1-2-14-8(4)7(6)11/h1-3,12-13H. The molecule has 6 heteroatoms. The lowest BCUT2D eigenvalue weighted by Crippen LogP contribution is -2.31. The molecule has 0 fully saturated rings. The highest BCUT2D eigenvalue weighted by Gasteiger charge is 2.20. The number of fused-ring (bicyclic) bond motifs is 1. The average Bonchev–Trinajstić information content (AvgIpc) is 2.58. The highest BCUT2D eigenvalue weighted by atomic mass is 35.5. The molecule has 0 aliphatic carbocycles. The van der Waals surface area contributed by atoms with E-state index in [0.717, 1.165) is 0 Å². The second-order valence-corrected chi connectivity index (χ2v) is 4.10. The van der Waals surface area contributed by atoms with Crippen molar-refractivity contribution in [2.75, 3.05) is 0 Å². The van der Waals surface area contributed by atoms with Crippen molar-refractivity contribution >= 4 is 45.6 Å². The van der Waals surface area contributed by atoms with Gasteiger partial charge in [0.05, 0.1) is 9.72 Å². The van der Waals surface area contributed by atoms with E-state index in [1.807, 2.05) is 0 Å². The van der Waals surface area contributed by atoms with Gasteiger partial charge in [0, 0.05) is 5.46 Å². The molecule has 0 radical (unpaired) electrons. The predicted molar refractivity (Wildman–Crippen MR) is 56.6 cm³/mol. The Bertz CT molecular complexity index is 485. The fourth-order valence-electron chi connectivity index (χ4n) is 1.26. The number of thiophene rings is 1. The van der Waals surface area contributed by atoms with Crippen molar-refractivity contribution in [1.82, 2.24) is 0 Å². The maximum atomic E-state index is 13.5. The van der Waals surface area contributed by atoms with Gasteiger partial charge in [-0.3, -0.25) is 0 Å². The second kappa shape index (κ2) is 3.51. The summed E-state index contributed by atoms with van der Waals surface area (Å²) in [5, 5.41) is 20.0. The summed E-state index contributed by atoms with van der Waals surface area (Å²) >= 11 is 6.86. The SMILES string of the molecule is OB(O)c1cc2ccsc2c(F)c1Cl. The molecule has 0 aliphatic rings. The highest BCUT2D eigenvalue weighted by molar-refractivity contribution is 7.17. The van der Waals surface area contributed by atoms with Crippen LogP contribution in [0.5, 0.6) is 0 Å². The normalized spacial score (nSPS) is 10.9. The summed E-state index contributed by atoms with van der Waals surface area (Å²) in [7, 11) is -1.75. The number of benzene rings is 1. The molecular formula is C8H5BClFO2S. The van der Waals surface area contributed by atoms with Crippen LogP contribution in [0.4, 0.5) is 4.39 Å². The van der Waals surface area contributed by atoms with Crippen molar-refractivity contribution in [3.63, 3.8) is 0 Å². The van der Waals surface area contributed by atoms with E-state index in [9.17, 15) is 4.39 Å². The molecule has 0 aliphatic heterocycles. The van der Waals surface area contributed by atoms with E-state index in [2.05, 4.69) is 0 Å². The van der Waals surface area contributed by atoms with Gasteiger partial charge in [-0.2, -0.15) is 0 Å². The molecule has 2 rings (SSSR count). The topological polar surface area (TPSA) is 40.5 Å². The molecule has 1 aromatic carbocycles. The van der Waals surface area contributed by atoms with Crippen LogP contribution in [-0.4, -0.2) is 17.2 Å². The van der Waals surface area contributed by atoms with Gasteiger partial charge in [0.15, 0.2) is 5.82 Å². The summed E-state index contributed by atoms with van der Waals surface area (Å²) in [5.74, 6) is -0.595. The molecule has 1 heterocycles. The first-order valence-electron chi connectivity index (χ1n) is 3.82. The van der Waals surface area contributed by atoms with Crippen LogP contribution in [0.25, 0.3) is 10.1 Å². The molecule has 0 saturated heterocycles. The van der Waals surface area contributed by atoms with Crippen molar-refractivity contribution in [2.24, 2.45) is 0 Å². The number of halogens is 2. The van der Waals surface area contributed by atoms with E-state index in [0.29, 0.717) is 10.1 Å². The molecule has 2 N–H and O–H groups in total. The van der Waals surface area contributed by atoms with Gasteiger partial charge in [-0.05, 0) is 16.8 Å². The van der Waals surface area contributed by atoms with E-state index in [4.69, 9.17) is 21.6 Å². The zero-order valence-electron chi connectivity index (χ0n) is 6.87. The van der Waals surface area contributed by atoms with Crippen LogP contribution in [-0.2, 0) is 0 Å². The van der Waals surface area contributed by atoms with Crippen molar-refractivity contribution in [3.05, 3.63) is 28.4 Å². The van der Waals surface area contributed by atoms with Crippen molar-refractivity contribution in [2.45, 2.75) is 0 Å². The lowest BCUT2D eigenvalue weighted by atomic mass is 9.80. The Hall–Kier alpha value is -0.615. The first kappa shape index (κ1) is 9.92. The molecule has 0 amide bonds. The minimum absolute atomic E-state index is 0.00457. The number of hydrogen-bond donors (Lipinski definition) is 2. The van der Waals surface area contributed by atoms with Gasteiger partial charge in [-0.15, -0.1) is 11.3 Å². The first-order chi connectivity index (χ1) is 6.61. The van der Waals surface area contributed by atoms with Crippen molar-refractivity contribution in [1.29, 1.82) is 0 Å². The second-order valence-electron chi connectivity index (χ2n) is 2.81. The average molecular weight is 230 g/mol. The summed E-state index contributed by atoms with van der Waals surface area (Å²) in [4.78, 5) is 0. The van der Waals surface area contributed by atoms with Gasteiger partial charge in [-0.1, -0.05) is 17.7 Å². The van der Waals surface area contributed by atoms with Crippen LogP contribution in [0.15, 0.2) is 17.5 Å². The Morgan fingerprint density at radius 3 is 2.79 bits per heavy atom. The van der Waals surface area contributed by atoms with Crippen LogP contribution in [0, 0.1) is 5.82 Å². The molecule has 14 heavy (non-hydrogen) atoms. The maximum Gasteiger partial charge on any atom is 0.490 e. The molecule has 0 bridgehead atoms. The van der Waals surface area contributed by atoms with E-state index in [-0.39, 0.29) is 10.5 Å². The Kier molecular flexibility index (Phi) is 2.49. The summed E-state index contributed by atoms with van der Waals surface area (Å²) < 4.78 is 13.9. The molecule has 72 valence electrons. The van der Waals surface area contributed by atoms with Gasteiger partial charge in [-0.25, -0.2) is 4.39 Å². The van der Waals surface area contributed by atoms with Crippen LogP contribution < -0.4 is 5.46 Å². The molecule has 1 aromatic heterocycles. The van der Waals surface area contributed by atoms with E-state index in [1.165, 1.54) is 17.4 Å². The van der Waals surface area contributed by atoms with Gasteiger partial charge in [0.2, 0.25) is 0 Å². The lowest BCUT2D eigenvalue weighted by Gasteiger charge is -2.04. The maximum absolute atomic E-state index is 13.5. The Labute approximate surface area is 88.7 Å². The molecule has 0 atom stereocenters. The molecule has 0 saturated carbocycles. The summed E-state index contributed by atoms with van der Waals surface area (Å²) in [6.45, 7) is 0. The van der Waals surface area contributed by atoms with Crippen LogP contribution in [0.1, 0.15) is 0 Å². The Morgan fingerprint density at radius 1 is 1.43 bits per heavy atom. The number of rotatable bonds is 1. The number of hydrogen-bond acceptors (Lipinski definition) is 3. The van der Waals surface area contributed by atoms with Crippen LogP contribution in [0.2, 0.25) is 5.02 Å². The van der Waals surface area contributed by atoms with Crippen LogP contribution in [0.3, 0.4) is 0 Å². The zero-order chi connectivity index (χ0) is 10.3. The molecule has 0 unspecified atom stereocenters. The monoisotopic (exact) mass is 230 g/mol. The molecular weight excluding hydrogens is 225 g/mol. The lowest BCUT2D eigenvalue weighted by molar-refractivity contribution is 0.425. The largest absolute Gasteiger partial charge is 0.490 e. The predicted octanol–water partition coefficient (Wildman–Crippen LogP) is 1.37. The van der Waals surface area contributed by atoms with Crippen molar-refractivity contribution < 1.29 is 14.4 Å². The Morgan fingerprint density at radius 2 is 2.14 bits per heavy atom. The summed E-state index contributed by atoms with van der Waals surface area (Å²) in [6.07, 6.45) is 0. The minimum Gasteiger partial charge on any atom is -0.423 e. The van der Waals surface area contributed by atoms with Crippen molar-refractivity contribution in [3.8, 4) is 0 Å². The van der Waals surface area contributed by atoms with Gasteiger partial charge in [0.1, 0.15) is 0 Å². The highest BCUT2D eigenvalue weighted by Crippen LogP contribution is 2.27. The zero-order valence-corrected chi connectivity index (χ0v) is 8.44. The third-order valence-corrected chi connectivity index (χ3v) is 3.24. The quantitative estimate of drug-likeness (QED) is 0.727. The fourth-order valence-corrected chi connectivity index (χ4v) is 2.38. The first-order valence-corrected chi connectivity index (χ1v) is 5.08. The van der Waals surface area contributed by atoms with Gasteiger partial charge in [0.25, 0.3) is 0 Å². The van der Waals surface area contributed by atoms with E-state index in [1.54, 1.807) is 11.4 Å². The molecule has 0 spiro atoms. The van der Waals surface area contributed by atoms with Gasteiger partial charge < -0.3 is 10.0 Å². The molecule has 2 aromatic rings. The minimum atomic E-state index is -1.75. The van der Waals surface area contributed by atoms with E-state index >= 15 is 0 Å². The fraction of sp³-hybridized carbons (Fsp3) is 0. The molecule has 2 nitrogen and oxygen atoms in total. The summed E-state index contributed by atoms with van der Waals surface area (Å²) in [6, 6.07) is 3.17.